The van der Waals surface area contributed by atoms with Gasteiger partial charge in [0, 0.05) is 27.5 Å². The molecule has 0 fully saturated rings. The first-order valence-electron chi connectivity index (χ1n) is 9.05. The highest BCUT2D eigenvalue weighted by molar-refractivity contribution is 8.67. The fourth-order valence-corrected chi connectivity index (χ4v) is 7.27. The number of aromatic nitrogens is 3. The van der Waals surface area contributed by atoms with E-state index in [9.17, 15) is 0 Å². The van der Waals surface area contributed by atoms with E-state index in [0.29, 0.717) is 39.8 Å². The van der Waals surface area contributed by atoms with E-state index in [-0.39, 0.29) is 0 Å². The molecule has 0 unspecified atom stereocenters. The minimum absolute atomic E-state index is 0.429. The molecule has 3 aromatic rings. The summed E-state index contributed by atoms with van der Waals surface area (Å²) in [5.74, 6) is 0.473. The van der Waals surface area contributed by atoms with Crippen molar-refractivity contribution in [3.05, 3.63) is 64.1 Å². The van der Waals surface area contributed by atoms with Crippen molar-refractivity contribution in [2.45, 2.75) is 19.0 Å². The molecule has 0 aliphatic carbocycles. The smallest absolute Gasteiger partial charge is 0.255 e. The molecule has 158 valence electrons. The van der Waals surface area contributed by atoms with Crippen molar-refractivity contribution in [2.24, 2.45) is 5.10 Å². The number of halogens is 2. The summed E-state index contributed by atoms with van der Waals surface area (Å²) in [6, 6.07) is 14.7. The fourth-order valence-electron chi connectivity index (χ4n) is 2.44. The van der Waals surface area contributed by atoms with Gasteiger partial charge in [0.25, 0.3) is 5.69 Å². The molecule has 0 aliphatic heterocycles. The van der Waals surface area contributed by atoms with Gasteiger partial charge < -0.3 is 9.05 Å². The van der Waals surface area contributed by atoms with Crippen molar-refractivity contribution in [3.63, 3.8) is 0 Å². The van der Waals surface area contributed by atoms with Crippen LogP contribution in [0.15, 0.2) is 58.8 Å². The van der Waals surface area contributed by atoms with Crippen LogP contribution in [0.4, 0.5) is 0 Å². The average Bonchev–Trinajstić information content (AvgIpc) is 3.10. The number of nitrogens with zero attached hydrogens (tertiary/aromatic N) is 4. The molecule has 0 radical (unpaired) electrons. The van der Waals surface area contributed by atoms with E-state index in [0.717, 1.165) is 5.56 Å². The maximum Gasteiger partial charge on any atom is 0.255 e. The quantitative estimate of drug-likeness (QED) is 0.246. The first kappa shape index (κ1) is 23.4. The van der Waals surface area contributed by atoms with Crippen LogP contribution in [-0.2, 0) is 20.9 Å². The van der Waals surface area contributed by atoms with Crippen LogP contribution in [0.5, 0.6) is 0 Å². The van der Waals surface area contributed by atoms with E-state index >= 15 is 0 Å². The molecule has 0 bridgehead atoms. The van der Waals surface area contributed by atoms with E-state index in [1.807, 2.05) is 50.2 Å². The molecule has 0 saturated heterocycles. The summed E-state index contributed by atoms with van der Waals surface area (Å²) in [4.78, 5) is 0. The van der Waals surface area contributed by atoms with Crippen LogP contribution in [-0.4, -0.2) is 34.3 Å². The maximum atomic E-state index is 6.39. The third-order valence-electron chi connectivity index (χ3n) is 3.71. The highest BCUT2D eigenvalue weighted by Crippen LogP contribution is 2.63. The summed E-state index contributed by atoms with van der Waals surface area (Å²) in [5.41, 5.74) is -1.23. The Morgan fingerprint density at radius 1 is 1.03 bits per heavy atom. The Balaban J connectivity index is 2.08. The molecular formula is C19H19Cl2N4O2PS2. The zero-order chi connectivity index (χ0) is 21.6. The molecular weight excluding hydrogens is 482 g/mol. The van der Waals surface area contributed by atoms with Crippen LogP contribution in [0.2, 0.25) is 10.0 Å². The summed E-state index contributed by atoms with van der Waals surface area (Å²) in [6.07, 6.45) is 1.64. The molecule has 0 saturated carbocycles. The second-order valence-corrected chi connectivity index (χ2v) is 12.6. The van der Waals surface area contributed by atoms with Gasteiger partial charge in [0.2, 0.25) is 5.16 Å². The molecule has 0 spiro atoms. The number of rotatable bonds is 9. The predicted octanol–water partition coefficient (Wildman–Crippen LogP) is 6.52. The number of hydrogen-bond acceptors (Lipinski definition) is 7. The highest BCUT2D eigenvalue weighted by atomic mass is 35.5. The van der Waals surface area contributed by atoms with Crippen molar-refractivity contribution in [3.8, 4) is 11.4 Å². The standard InChI is InChI=1S/C19H19Cl2N4O2PS2/c1-3-26-28(29,27-4-2)30-19-24-23-18(15-10-6-8-12-17(15)21)25(19)22-13-14-9-5-7-11-16(14)20/h5-13H,3-4H2,1-2H3/b22-13+. The predicted molar refractivity (Wildman–Crippen MR) is 128 cm³/mol. The van der Waals surface area contributed by atoms with Crippen LogP contribution >= 0.6 is 40.3 Å². The van der Waals surface area contributed by atoms with Gasteiger partial charge in [-0.05, 0) is 43.9 Å². The minimum Gasteiger partial charge on any atom is -0.322 e. The zero-order valence-electron chi connectivity index (χ0n) is 16.2. The van der Waals surface area contributed by atoms with Gasteiger partial charge in [0.1, 0.15) is 0 Å². The first-order valence-corrected chi connectivity index (χ1v) is 13.9. The molecule has 0 N–H and O–H groups in total. The van der Waals surface area contributed by atoms with Crippen LogP contribution < -0.4 is 0 Å². The number of benzene rings is 2. The Kier molecular flexibility index (Phi) is 8.48. The Hall–Kier alpha value is -1.25. The fraction of sp³-hybridized carbons (Fsp3) is 0.211. The summed E-state index contributed by atoms with van der Waals surface area (Å²) in [5, 5.41) is 14.7. The molecule has 30 heavy (non-hydrogen) atoms. The Bertz CT molecular complexity index is 1080. The van der Waals surface area contributed by atoms with Crippen molar-refractivity contribution in [1.29, 1.82) is 0 Å². The normalized spacial score (nSPS) is 12.0. The molecule has 3 rings (SSSR count). The Morgan fingerprint density at radius 3 is 2.30 bits per heavy atom. The van der Waals surface area contributed by atoms with Crippen LogP contribution in [0.25, 0.3) is 11.4 Å². The summed E-state index contributed by atoms with van der Waals surface area (Å²) < 4.78 is 13.0. The molecule has 0 atom stereocenters. The number of hydrogen-bond donors (Lipinski definition) is 0. The van der Waals surface area contributed by atoms with Crippen molar-refractivity contribution in [2.75, 3.05) is 13.2 Å². The Morgan fingerprint density at radius 2 is 1.67 bits per heavy atom. The van der Waals surface area contributed by atoms with Gasteiger partial charge in [-0.15, -0.1) is 10.2 Å². The largest absolute Gasteiger partial charge is 0.322 e. The monoisotopic (exact) mass is 500 g/mol. The van der Waals surface area contributed by atoms with E-state index < -0.39 is 5.69 Å². The van der Waals surface area contributed by atoms with E-state index in [1.165, 1.54) is 11.4 Å². The van der Waals surface area contributed by atoms with Crippen molar-refractivity contribution < 1.29 is 9.05 Å². The molecule has 11 heteroatoms. The van der Waals surface area contributed by atoms with Gasteiger partial charge in [-0.3, -0.25) is 0 Å². The topological polar surface area (TPSA) is 61.5 Å². The third-order valence-corrected chi connectivity index (χ3v) is 9.27. The molecule has 1 heterocycles. The lowest BCUT2D eigenvalue weighted by Crippen LogP contribution is -1.99. The van der Waals surface area contributed by atoms with Crippen LogP contribution in [0, 0.1) is 0 Å². The van der Waals surface area contributed by atoms with E-state index in [2.05, 4.69) is 15.3 Å². The summed E-state index contributed by atoms with van der Waals surface area (Å²) >= 11 is 19.5. The molecule has 2 aromatic carbocycles. The molecule has 0 aliphatic rings. The summed E-state index contributed by atoms with van der Waals surface area (Å²) in [6.45, 7) is 4.60. The van der Waals surface area contributed by atoms with Gasteiger partial charge >= 0.3 is 0 Å². The van der Waals surface area contributed by atoms with E-state index in [1.54, 1.807) is 23.0 Å². The lowest BCUT2D eigenvalue weighted by molar-refractivity contribution is 0.280. The lowest BCUT2D eigenvalue weighted by atomic mass is 10.2. The maximum absolute atomic E-state index is 6.39. The average molecular weight is 501 g/mol. The highest BCUT2D eigenvalue weighted by Gasteiger charge is 2.26. The van der Waals surface area contributed by atoms with Crippen LogP contribution in [0.1, 0.15) is 19.4 Å². The first-order chi connectivity index (χ1) is 14.5. The van der Waals surface area contributed by atoms with Gasteiger partial charge in [-0.2, -0.15) is 9.78 Å². The third kappa shape index (κ3) is 5.71. The molecule has 6 nitrogen and oxygen atoms in total. The van der Waals surface area contributed by atoms with Gasteiger partial charge in [0.15, 0.2) is 5.82 Å². The SMILES string of the molecule is CCOP(=S)(OCC)Sc1nnc(-c2ccccc2Cl)n1/N=C/c1ccccc1Cl. The van der Waals surface area contributed by atoms with Crippen molar-refractivity contribution >= 4 is 58.3 Å². The van der Waals surface area contributed by atoms with Gasteiger partial charge in [0.05, 0.1) is 24.5 Å². The molecule has 0 amide bonds. The zero-order valence-corrected chi connectivity index (χ0v) is 20.3. The van der Waals surface area contributed by atoms with Gasteiger partial charge in [-0.25, -0.2) is 0 Å². The van der Waals surface area contributed by atoms with E-state index in [4.69, 9.17) is 44.1 Å². The van der Waals surface area contributed by atoms with Crippen molar-refractivity contribution in [1.82, 2.24) is 14.9 Å². The second kappa shape index (κ2) is 10.9. The van der Waals surface area contributed by atoms with Crippen LogP contribution in [0.3, 0.4) is 0 Å². The summed E-state index contributed by atoms with van der Waals surface area (Å²) in [7, 11) is 0. The second-order valence-electron chi connectivity index (χ2n) is 5.74. The molecule has 1 aromatic heterocycles. The van der Waals surface area contributed by atoms with Gasteiger partial charge in [-0.1, -0.05) is 53.5 Å². The lowest BCUT2D eigenvalue weighted by Gasteiger charge is -2.19. The minimum atomic E-state index is -2.67. The Labute approximate surface area is 194 Å².